The molecule has 0 amide bonds. The zero-order valence-corrected chi connectivity index (χ0v) is 7.97. The number of esters is 2. The minimum atomic E-state index is -1.81. The highest BCUT2D eigenvalue weighted by molar-refractivity contribution is 6.36. The summed E-state index contributed by atoms with van der Waals surface area (Å²) in [5.74, 6) is -6.90. The minimum Gasteiger partial charge on any atom is -0.481 e. The zero-order valence-electron chi connectivity index (χ0n) is 7.97. The smallest absolute Gasteiger partial charge is 0.372 e. The second kappa shape index (κ2) is 6.27. The molecule has 88 valence electrons. The lowest BCUT2D eigenvalue weighted by Crippen LogP contribution is -2.21. The van der Waals surface area contributed by atoms with Crippen LogP contribution in [0.15, 0.2) is 0 Å². The predicted octanol–water partition coefficient (Wildman–Crippen LogP) is -1.04. The summed E-state index contributed by atoms with van der Waals surface area (Å²) in [6.07, 6.45) is -2.10. The van der Waals surface area contributed by atoms with E-state index in [0.29, 0.717) is 0 Å². The van der Waals surface area contributed by atoms with Gasteiger partial charge in [0.1, 0.15) is 6.42 Å². The lowest BCUT2D eigenvalue weighted by molar-refractivity contribution is -0.163. The Hall–Kier alpha value is -2.25. The van der Waals surface area contributed by atoms with Gasteiger partial charge < -0.3 is 14.9 Å². The molecule has 0 aromatic rings. The minimum absolute atomic E-state index is 0.515. The standard InChI is InChI=1S/C8H8O8/c9-4(8(14)15)3-7(13)16-6(12)2-1-5(10)11/h1-3H2,(H,10,11)(H,14,15). The second-order valence-corrected chi connectivity index (χ2v) is 2.64. The molecule has 0 unspecified atom stereocenters. The summed E-state index contributed by atoms with van der Waals surface area (Å²) in [6.45, 7) is 0. The molecule has 0 aliphatic heterocycles. The molecule has 0 fully saturated rings. The van der Waals surface area contributed by atoms with Gasteiger partial charge in [-0.05, 0) is 0 Å². The van der Waals surface area contributed by atoms with Crippen LogP contribution in [-0.4, -0.2) is 39.9 Å². The summed E-state index contributed by atoms with van der Waals surface area (Å²) in [5, 5.41) is 16.3. The number of carboxylic acid groups (broad SMARTS) is 2. The van der Waals surface area contributed by atoms with E-state index in [4.69, 9.17) is 10.2 Å². The number of ether oxygens (including phenoxy) is 1. The van der Waals surface area contributed by atoms with Crippen molar-refractivity contribution in [3.8, 4) is 0 Å². The summed E-state index contributed by atoms with van der Waals surface area (Å²) in [6, 6.07) is 0. The highest BCUT2D eigenvalue weighted by Crippen LogP contribution is 1.96. The van der Waals surface area contributed by atoms with Crippen LogP contribution in [0.3, 0.4) is 0 Å². The van der Waals surface area contributed by atoms with Gasteiger partial charge in [-0.2, -0.15) is 0 Å². The Kier molecular flexibility index (Phi) is 5.39. The van der Waals surface area contributed by atoms with E-state index in [2.05, 4.69) is 4.74 Å². The van der Waals surface area contributed by atoms with Gasteiger partial charge in [0.2, 0.25) is 0 Å². The van der Waals surface area contributed by atoms with Gasteiger partial charge in [0.15, 0.2) is 0 Å². The van der Waals surface area contributed by atoms with E-state index < -0.39 is 48.9 Å². The first-order chi connectivity index (χ1) is 7.32. The fourth-order valence-corrected chi connectivity index (χ4v) is 0.630. The van der Waals surface area contributed by atoms with Gasteiger partial charge in [-0.25, -0.2) is 4.79 Å². The van der Waals surface area contributed by atoms with Crippen molar-refractivity contribution in [1.29, 1.82) is 0 Å². The predicted molar refractivity (Wildman–Crippen MR) is 45.2 cm³/mol. The molecule has 16 heavy (non-hydrogen) atoms. The first-order valence-electron chi connectivity index (χ1n) is 4.04. The molecule has 0 spiro atoms. The van der Waals surface area contributed by atoms with Crippen LogP contribution in [0.2, 0.25) is 0 Å². The number of ketones is 1. The fraction of sp³-hybridized carbons (Fsp3) is 0.375. The average Bonchev–Trinajstić information content (AvgIpc) is 2.14. The van der Waals surface area contributed by atoms with Crippen LogP contribution in [-0.2, 0) is 28.7 Å². The topological polar surface area (TPSA) is 135 Å². The molecule has 0 aromatic carbocycles. The molecule has 0 aliphatic carbocycles. The fourth-order valence-electron chi connectivity index (χ4n) is 0.630. The van der Waals surface area contributed by atoms with Crippen molar-refractivity contribution in [2.75, 3.05) is 0 Å². The summed E-state index contributed by atoms with van der Waals surface area (Å²) in [4.78, 5) is 52.0. The Morgan fingerprint density at radius 1 is 0.875 bits per heavy atom. The van der Waals surface area contributed by atoms with Crippen LogP contribution in [0.1, 0.15) is 19.3 Å². The Labute approximate surface area is 88.8 Å². The van der Waals surface area contributed by atoms with Crippen molar-refractivity contribution < 1.29 is 38.9 Å². The van der Waals surface area contributed by atoms with Crippen LogP contribution < -0.4 is 0 Å². The monoisotopic (exact) mass is 232 g/mol. The number of hydrogen-bond acceptors (Lipinski definition) is 6. The van der Waals surface area contributed by atoms with Gasteiger partial charge in [-0.3, -0.25) is 19.2 Å². The molecule has 8 heteroatoms. The summed E-state index contributed by atoms with van der Waals surface area (Å²) < 4.78 is 4.00. The number of Topliss-reactive ketones (excluding diaryl/α,β-unsaturated/α-hetero) is 1. The van der Waals surface area contributed by atoms with Crippen molar-refractivity contribution in [2.45, 2.75) is 19.3 Å². The van der Waals surface area contributed by atoms with Crippen LogP contribution in [0.25, 0.3) is 0 Å². The van der Waals surface area contributed by atoms with Crippen molar-refractivity contribution in [2.24, 2.45) is 0 Å². The number of carbonyl (C=O) groups is 5. The number of carbonyl (C=O) groups excluding carboxylic acids is 3. The van der Waals surface area contributed by atoms with E-state index in [1.54, 1.807) is 0 Å². The van der Waals surface area contributed by atoms with Gasteiger partial charge in [-0.1, -0.05) is 0 Å². The average molecular weight is 232 g/mol. The molecule has 0 saturated heterocycles. The van der Waals surface area contributed by atoms with Crippen molar-refractivity contribution in [1.82, 2.24) is 0 Å². The number of hydrogen-bond donors (Lipinski definition) is 2. The molecule has 0 aromatic heterocycles. The lowest BCUT2D eigenvalue weighted by Gasteiger charge is -1.99. The van der Waals surface area contributed by atoms with E-state index in [9.17, 15) is 24.0 Å². The molecule has 0 aliphatic rings. The van der Waals surface area contributed by atoms with E-state index in [0.717, 1.165) is 0 Å². The van der Waals surface area contributed by atoms with Crippen LogP contribution in [0.5, 0.6) is 0 Å². The molecule has 0 saturated carbocycles. The van der Waals surface area contributed by atoms with Gasteiger partial charge in [0.25, 0.3) is 5.78 Å². The summed E-state index contributed by atoms with van der Waals surface area (Å²) in [7, 11) is 0. The quantitative estimate of drug-likeness (QED) is 0.337. The Morgan fingerprint density at radius 2 is 1.44 bits per heavy atom. The first-order valence-corrected chi connectivity index (χ1v) is 4.04. The zero-order chi connectivity index (χ0) is 12.7. The molecule has 0 rings (SSSR count). The van der Waals surface area contributed by atoms with Crippen molar-refractivity contribution in [3.63, 3.8) is 0 Å². The summed E-state index contributed by atoms with van der Waals surface area (Å²) in [5.41, 5.74) is 0. The van der Waals surface area contributed by atoms with Gasteiger partial charge in [0.05, 0.1) is 12.8 Å². The third-order valence-electron chi connectivity index (χ3n) is 1.31. The van der Waals surface area contributed by atoms with Gasteiger partial charge in [0, 0.05) is 0 Å². The van der Waals surface area contributed by atoms with Gasteiger partial charge >= 0.3 is 23.9 Å². The third kappa shape index (κ3) is 6.24. The van der Waals surface area contributed by atoms with E-state index in [-0.39, 0.29) is 0 Å². The van der Waals surface area contributed by atoms with E-state index in [1.165, 1.54) is 0 Å². The maximum atomic E-state index is 10.7. The molecule has 0 radical (unpaired) electrons. The van der Waals surface area contributed by atoms with Crippen molar-refractivity contribution in [3.05, 3.63) is 0 Å². The van der Waals surface area contributed by atoms with Crippen LogP contribution >= 0.6 is 0 Å². The largest absolute Gasteiger partial charge is 0.481 e. The van der Waals surface area contributed by atoms with Crippen LogP contribution in [0, 0.1) is 0 Å². The van der Waals surface area contributed by atoms with E-state index >= 15 is 0 Å². The number of carboxylic acids is 2. The maximum Gasteiger partial charge on any atom is 0.372 e. The SMILES string of the molecule is O=C(O)CCC(=O)OC(=O)CC(=O)C(=O)O. The highest BCUT2D eigenvalue weighted by Gasteiger charge is 2.20. The molecule has 8 nitrogen and oxygen atoms in total. The Morgan fingerprint density at radius 3 is 1.88 bits per heavy atom. The summed E-state index contributed by atoms with van der Waals surface area (Å²) >= 11 is 0. The Balaban J connectivity index is 3.96. The normalized spacial score (nSPS) is 9.25. The van der Waals surface area contributed by atoms with Crippen molar-refractivity contribution >= 4 is 29.7 Å². The first kappa shape index (κ1) is 13.8. The maximum absolute atomic E-state index is 10.7. The van der Waals surface area contributed by atoms with E-state index in [1.807, 2.05) is 0 Å². The van der Waals surface area contributed by atoms with Gasteiger partial charge in [-0.15, -0.1) is 0 Å². The second-order valence-electron chi connectivity index (χ2n) is 2.64. The molecule has 0 heterocycles. The Bertz CT molecular complexity index is 342. The van der Waals surface area contributed by atoms with Crippen LogP contribution in [0.4, 0.5) is 0 Å². The third-order valence-corrected chi connectivity index (χ3v) is 1.31. The number of aliphatic carboxylic acids is 2. The lowest BCUT2D eigenvalue weighted by atomic mass is 10.3. The number of rotatable bonds is 6. The highest BCUT2D eigenvalue weighted by atomic mass is 16.6. The molecule has 0 atom stereocenters. The molecule has 2 N–H and O–H groups in total. The molecular weight excluding hydrogens is 224 g/mol. The molecule has 0 bridgehead atoms. The molecular formula is C8H8O8.